The third-order valence-corrected chi connectivity index (χ3v) is 4.30. The summed E-state index contributed by atoms with van der Waals surface area (Å²) >= 11 is 0. The maximum atomic E-state index is 12.1. The molecule has 6 nitrogen and oxygen atoms in total. The molecule has 0 bridgehead atoms. The molecule has 2 aliphatic rings. The number of nitrogens with one attached hydrogen (secondary N) is 2. The number of rotatable bonds is 3. The molecule has 3 rings (SSSR count). The first-order valence-corrected chi connectivity index (χ1v) is 8.28. The number of benzene rings is 1. The van der Waals surface area contributed by atoms with Crippen LogP contribution in [-0.4, -0.2) is 37.7 Å². The smallest absolute Gasteiger partial charge is 0.319 e. The van der Waals surface area contributed by atoms with Crippen LogP contribution in [0.3, 0.4) is 0 Å². The maximum Gasteiger partial charge on any atom is 0.319 e. The van der Waals surface area contributed by atoms with E-state index in [4.69, 9.17) is 4.74 Å². The maximum absolute atomic E-state index is 12.1. The van der Waals surface area contributed by atoms with Crippen LogP contribution in [0.4, 0.5) is 16.2 Å². The third kappa shape index (κ3) is 4.22. The van der Waals surface area contributed by atoms with Crippen LogP contribution >= 0.6 is 0 Å². The molecule has 2 aliphatic heterocycles. The summed E-state index contributed by atoms with van der Waals surface area (Å²) in [4.78, 5) is 25.9. The molecular weight excluding hydrogens is 294 g/mol. The van der Waals surface area contributed by atoms with E-state index in [9.17, 15) is 9.59 Å². The van der Waals surface area contributed by atoms with Gasteiger partial charge in [0.1, 0.15) is 0 Å². The Morgan fingerprint density at radius 1 is 1.22 bits per heavy atom. The Hall–Kier alpha value is -2.08. The zero-order valence-corrected chi connectivity index (χ0v) is 13.2. The lowest BCUT2D eigenvalue weighted by Crippen LogP contribution is -2.41. The van der Waals surface area contributed by atoms with E-state index in [1.165, 1.54) is 0 Å². The van der Waals surface area contributed by atoms with E-state index in [1.54, 1.807) is 4.90 Å². The fourth-order valence-corrected chi connectivity index (χ4v) is 3.02. The van der Waals surface area contributed by atoms with Crippen molar-refractivity contribution in [1.82, 2.24) is 5.32 Å². The van der Waals surface area contributed by atoms with Gasteiger partial charge in [-0.3, -0.25) is 4.79 Å². The van der Waals surface area contributed by atoms with Gasteiger partial charge >= 0.3 is 6.03 Å². The van der Waals surface area contributed by atoms with Crippen LogP contribution in [0, 0.1) is 0 Å². The van der Waals surface area contributed by atoms with Crippen molar-refractivity contribution in [3.63, 3.8) is 0 Å². The summed E-state index contributed by atoms with van der Waals surface area (Å²) in [6.45, 7) is 2.13. The van der Waals surface area contributed by atoms with E-state index >= 15 is 0 Å². The molecule has 0 saturated carbocycles. The zero-order chi connectivity index (χ0) is 16.1. The van der Waals surface area contributed by atoms with Gasteiger partial charge in [-0.2, -0.15) is 0 Å². The van der Waals surface area contributed by atoms with Crippen LogP contribution in [-0.2, 0) is 9.53 Å². The number of carbonyl (C=O) groups excluding carboxylic acids is 2. The molecule has 1 aromatic rings. The van der Waals surface area contributed by atoms with Crippen molar-refractivity contribution in [2.45, 2.75) is 38.1 Å². The lowest BCUT2D eigenvalue weighted by Gasteiger charge is -2.27. The highest BCUT2D eigenvalue weighted by molar-refractivity contribution is 5.95. The molecule has 0 atom stereocenters. The van der Waals surface area contributed by atoms with Crippen LogP contribution in [0.5, 0.6) is 0 Å². The van der Waals surface area contributed by atoms with E-state index in [0.29, 0.717) is 25.3 Å². The topological polar surface area (TPSA) is 70.7 Å². The SMILES string of the molecule is O=C(Nc1cccc(N2CCCCC2=O)c1)NC1CCOCC1. The summed E-state index contributed by atoms with van der Waals surface area (Å²) in [5, 5.41) is 5.82. The van der Waals surface area contributed by atoms with Gasteiger partial charge in [0.25, 0.3) is 0 Å². The Labute approximate surface area is 136 Å². The van der Waals surface area contributed by atoms with Crippen LogP contribution in [0.2, 0.25) is 0 Å². The second-order valence-electron chi connectivity index (χ2n) is 6.04. The third-order valence-electron chi connectivity index (χ3n) is 4.30. The molecule has 0 aliphatic carbocycles. The highest BCUT2D eigenvalue weighted by Crippen LogP contribution is 2.23. The van der Waals surface area contributed by atoms with Crippen molar-refractivity contribution < 1.29 is 14.3 Å². The van der Waals surface area contributed by atoms with Gasteiger partial charge in [-0.25, -0.2) is 4.79 Å². The molecule has 2 saturated heterocycles. The number of amides is 3. The van der Waals surface area contributed by atoms with E-state index in [2.05, 4.69) is 10.6 Å². The fourth-order valence-electron chi connectivity index (χ4n) is 3.02. The van der Waals surface area contributed by atoms with Crippen molar-refractivity contribution >= 4 is 23.3 Å². The molecule has 0 radical (unpaired) electrons. The van der Waals surface area contributed by atoms with Gasteiger partial charge in [0.2, 0.25) is 5.91 Å². The number of hydrogen-bond donors (Lipinski definition) is 2. The van der Waals surface area contributed by atoms with Crippen molar-refractivity contribution in [2.24, 2.45) is 0 Å². The highest BCUT2D eigenvalue weighted by Gasteiger charge is 2.20. The van der Waals surface area contributed by atoms with Gasteiger partial charge in [-0.05, 0) is 43.9 Å². The molecule has 2 fully saturated rings. The van der Waals surface area contributed by atoms with Crippen LogP contribution in [0.25, 0.3) is 0 Å². The Bertz CT molecular complexity index is 570. The highest BCUT2D eigenvalue weighted by atomic mass is 16.5. The molecule has 2 heterocycles. The summed E-state index contributed by atoms with van der Waals surface area (Å²) in [5.74, 6) is 0.153. The van der Waals surface area contributed by atoms with E-state index in [1.807, 2.05) is 24.3 Å². The van der Waals surface area contributed by atoms with E-state index < -0.39 is 0 Å². The number of nitrogens with zero attached hydrogens (tertiary/aromatic N) is 1. The van der Waals surface area contributed by atoms with Crippen molar-refractivity contribution in [1.29, 1.82) is 0 Å². The number of piperidine rings is 1. The molecule has 0 unspecified atom stereocenters. The number of anilines is 2. The van der Waals surface area contributed by atoms with Crippen LogP contribution in [0.1, 0.15) is 32.1 Å². The summed E-state index contributed by atoms with van der Waals surface area (Å²) in [6, 6.07) is 7.41. The lowest BCUT2D eigenvalue weighted by atomic mass is 10.1. The van der Waals surface area contributed by atoms with Gasteiger partial charge < -0.3 is 20.3 Å². The second-order valence-corrected chi connectivity index (χ2v) is 6.04. The molecule has 0 aromatic heterocycles. The predicted molar refractivity (Wildman–Crippen MR) is 88.6 cm³/mol. The molecule has 0 spiro atoms. The molecule has 2 N–H and O–H groups in total. The molecule has 124 valence electrons. The second kappa shape index (κ2) is 7.46. The van der Waals surface area contributed by atoms with Gasteiger partial charge in [0.05, 0.1) is 0 Å². The van der Waals surface area contributed by atoms with Gasteiger partial charge in [0, 0.05) is 43.6 Å². The number of carbonyl (C=O) groups is 2. The van der Waals surface area contributed by atoms with Gasteiger partial charge in [-0.1, -0.05) is 6.07 Å². The Balaban J connectivity index is 1.60. The minimum absolute atomic E-state index is 0.153. The fraction of sp³-hybridized carbons (Fsp3) is 0.529. The Morgan fingerprint density at radius 3 is 2.83 bits per heavy atom. The number of hydrogen-bond acceptors (Lipinski definition) is 3. The summed E-state index contributed by atoms with van der Waals surface area (Å²) in [7, 11) is 0. The summed E-state index contributed by atoms with van der Waals surface area (Å²) in [6.07, 6.45) is 4.27. The molecular formula is C17H23N3O3. The Morgan fingerprint density at radius 2 is 2.04 bits per heavy atom. The monoisotopic (exact) mass is 317 g/mol. The largest absolute Gasteiger partial charge is 0.381 e. The first-order chi connectivity index (χ1) is 11.2. The first kappa shape index (κ1) is 15.8. The number of ether oxygens (including phenoxy) is 1. The first-order valence-electron chi connectivity index (χ1n) is 8.28. The van der Waals surface area contributed by atoms with Gasteiger partial charge in [0.15, 0.2) is 0 Å². The van der Waals surface area contributed by atoms with Crippen molar-refractivity contribution in [2.75, 3.05) is 30.0 Å². The standard InChI is InChI=1S/C17H23N3O3/c21-16-6-1-2-9-20(16)15-5-3-4-14(12-15)19-17(22)18-13-7-10-23-11-8-13/h3-5,12-13H,1-2,6-11H2,(H2,18,19,22). The average molecular weight is 317 g/mol. The normalized spacial score (nSPS) is 19.5. The molecule has 6 heteroatoms. The molecule has 3 amide bonds. The minimum Gasteiger partial charge on any atom is -0.381 e. The van der Waals surface area contributed by atoms with Crippen LogP contribution < -0.4 is 15.5 Å². The number of urea groups is 1. The van der Waals surface area contributed by atoms with Crippen molar-refractivity contribution in [3.8, 4) is 0 Å². The predicted octanol–water partition coefficient (Wildman–Crippen LogP) is 2.50. The average Bonchev–Trinajstić information content (AvgIpc) is 2.56. The van der Waals surface area contributed by atoms with Crippen LogP contribution in [0.15, 0.2) is 24.3 Å². The molecule has 23 heavy (non-hydrogen) atoms. The lowest BCUT2D eigenvalue weighted by molar-refractivity contribution is -0.119. The van der Waals surface area contributed by atoms with Crippen molar-refractivity contribution in [3.05, 3.63) is 24.3 Å². The summed E-state index contributed by atoms with van der Waals surface area (Å²) < 4.78 is 5.28. The summed E-state index contributed by atoms with van der Waals surface area (Å²) in [5.41, 5.74) is 1.55. The van der Waals surface area contributed by atoms with Gasteiger partial charge in [-0.15, -0.1) is 0 Å². The minimum atomic E-state index is -0.209. The quantitative estimate of drug-likeness (QED) is 0.900. The Kier molecular flexibility index (Phi) is 5.12. The molecule has 1 aromatic carbocycles. The van der Waals surface area contributed by atoms with E-state index in [0.717, 1.165) is 37.9 Å². The zero-order valence-electron chi connectivity index (χ0n) is 13.2. The van der Waals surface area contributed by atoms with E-state index in [-0.39, 0.29) is 18.0 Å².